The SMILES string of the molecule is Cc1ccc(NC(=O)N2CCC(=Cc3cccc(OCC4CCC(F)(F)CC4)c3)CC2)cn1. The second kappa shape index (κ2) is 10.3. The van der Waals surface area contributed by atoms with Gasteiger partial charge in [0.25, 0.3) is 0 Å². The number of piperidine rings is 1. The van der Waals surface area contributed by atoms with Crippen molar-refractivity contribution in [2.75, 3.05) is 25.0 Å². The van der Waals surface area contributed by atoms with Crippen molar-refractivity contribution in [2.45, 2.75) is 51.4 Å². The first-order chi connectivity index (χ1) is 15.9. The highest BCUT2D eigenvalue weighted by atomic mass is 19.3. The molecule has 0 radical (unpaired) electrons. The molecule has 1 aromatic heterocycles. The fraction of sp³-hybridized carbons (Fsp3) is 0.462. The van der Waals surface area contributed by atoms with Gasteiger partial charge in [0.15, 0.2) is 0 Å². The number of hydrogen-bond donors (Lipinski definition) is 1. The summed E-state index contributed by atoms with van der Waals surface area (Å²) in [6.45, 7) is 3.72. The molecule has 1 aromatic carbocycles. The molecule has 2 amide bonds. The van der Waals surface area contributed by atoms with Gasteiger partial charge < -0.3 is 15.0 Å². The van der Waals surface area contributed by atoms with Gasteiger partial charge in [-0.15, -0.1) is 0 Å². The molecular formula is C26H31F2N3O2. The van der Waals surface area contributed by atoms with Gasteiger partial charge in [0.2, 0.25) is 5.92 Å². The van der Waals surface area contributed by atoms with Crippen molar-refractivity contribution in [3.63, 3.8) is 0 Å². The summed E-state index contributed by atoms with van der Waals surface area (Å²) in [4.78, 5) is 18.5. The lowest BCUT2D eigenvalue weighted by atomic mass is 9.87. The number of rotatable bonds is 5. The summed E-state index contributed by atoms with van der Waals surface area (Å²) in [5.74, 6) is -1.54. The molecule has 1 saturated carbocycles. The van der Waals surface area contributed by atoms with Crippen LogP contribution in [0.5, 0.6) is 5.75 Å². The Balaban J connectivity index is 1.26. The highest BCUT2D eigenvalue weighted by Crippen LogP contribution is 2.36. The van der Waals surface area contributed by atoms with E-state index in [1.54, 1.807) is 6.20 Å². The second-order valence-corrected chi connectivity index (χ2v) is 9.09. The number of likely N-dealkylation sites (tertiary alicyclic amines) is 1. The monoisotopic (exact) mass is 455 g/mol. The summed E-state index contributed by atoms with van der Waals surface area (Å²) >= 11 is 0. The van der Waals surface area contributed by atoms with E-state index < -0.39 is 5.92 Å². The van der Waals surface area contributed by atoms with Crippen LogP contribution in [0.2, 0.25) is 0 Å². The molecule has 2 heterocycles. The van der Waals surface area contributed by atoms with Crippen molar-refractivity contribution in [3.05, 3.63) is 59.4 Å². The highest BCUT2D eigenvalue weighted by molar-refractivity contribution is 5.89. The highest BCUT2D eigenvalue weighted by Gasteiger charge is 2.35. The van der Waals surface area contributed by atoms with Crippen LogP contribution >= 0.6 is 0 Å². The van der Waals surface area contributed by atoms with E-state index in [0.29, 0.717) is 38.2 Å². The quantitative estimate of drug-likeness (QED) is 0.575. The minimum atomic E-state index is -2.50. The van der Waals surface area contributed by atoms with Crippen LogP contribution in [0.1, 0.15) is 49.8 Å². The van der Waals surface area contributed by atoms with Crippen LogP contribution < -0.4 is 10.1 Å². The molecule has 7 heteroatoms. The molecular weight excluding hydrogens is 424 g/mol. The van der Waals surface area contributed by atoms with Gasteiger partial charge in [-0.2, -0.15) is 0 Å². The van der Waals surface area contributed by atoms with E-state index in [9.17, 15) is 13.6 Å². The third-order valence-corrected chi connectivity index (χ3v) is 6.41. The molecule has 176 valence electrons. The third kappa shape index (κ3) is 6.76. The van der Waals surface area contributed by atoms with E-state index in [1.165, 1.54) is 5.57 Å². The van der Waals surface area contributed by atoms with Crippen molar-refractivity contribution in [1.82, 2.24) is 9.88 Å². The first-order valence-corrected chi connectivity index (χ1v) is 11.6. The number of hydrogen-bond acceptors (Lipinski definition) is 3. The van der Waals surface area contributed by atoms with E-state index in [4.69, 9.17) is 4.74 Å². The minimum Gasteiger partial charge on any atom is -0.493 e. The summed E-state index contributed by atoms with van der Waals surface area (Å²) in [7, 11) is 0. The molecule has 1 aliphatic heterocycles. The fourth-order valence-electron chi connectivity index (χ4n) is 4.30. The number of urea groups is 1. The van der Waals surface area contributed by atoms with Crippen LogP contribution in [0.15, 0.2) is 48.2 Å². The van der Waals surface area contributed by atoms with Crippen LogP contribution in [-0.2, 0) is 0 Å². The summed E-state index contributed by atoms with van der Waals surface area (Å²) in [6, 6.07) is 11.5. The smallest absolute Gasteiger partial charge is 0.321 e. The van der Waals surface area contributed by atoms with E-state index in [0.717, 1.165) is 29.8 Å². The molecule has 0 atom stereocenters. The predicted molar refractivity (Wildman–Crippen MR) is 126 cm³/mol. The van der Waals surface area contributed by atoms with Crippen molar-refractivity contribution in [2.24, 2.45) is 5.92 Å². The summed E-state index contributed by atoms with van der Waals surface area (Å²) in [6.07, 6.45) is 6.42. The number of benzene rings is 1. The van der Waals surface area contributed by atoms with Crippen LogP contribution in [0.4, 0.5) is 19.3 Å². The normalized spacial score (nSPS) is 18.6. The average molecular weight is 456 g/mol. The molecule has 0 spiro atoms. The van der Waals surface area contributed by atoms with Crippen LogP contribution in [0, 0.1) is 12.8 Å². The molecule has 33 heavy (non-hydrogen) atoms. The lowest BCUT2D eigenvalue weighted by Crippen LogP contribution is -2.39. The number of ether oxygens (including phenoxy) is 1. The molecule has 1 aliphatic carbocycles. The maximum absolute atomic E-state index is 13.3. The molecule has 1 saturated heterocycles. The number of carbonyl (C=O) groups excluding carboxylic acids is 1. The molecule has 2 fully saturated rings. The lowest BCUT2D eigenvalue weighted by molar-refractivity contribution is -0.0498. The van der Waals surface area contributed by atoms with Crippen LogP contribution in [0.3, 0.4) is 0 Å². The van der Waals surface area contributed by atoms with E-state index in [-0.39, 0.29) is 24.8 Å². The number of aromatic nitrogens is 1. The average Bonchev–Trinajstić information content (AvgIpc) is 2.81. The maximum Gasteiger partial charge on any atom is 0.321 e. The van der Waals surface area contributed by atoms with Gasteiger partial charge in [-0.05, 0) is 68.4 Å². The Labute approximate surface area is 193 Å². The van der Waals surface area contributed by atoms with E-state index in [1.807, 2.05) is 48.2 Å². The van der Waals surface area contributed by atoms with Gasteiger partial charge in [0, 0.05) is 31.6 Å². The number of nitrogens with one attached hydrogen (secondary N) is 1. The number of halogens is 2. The third-order valence-electron chi connectivity index (χ3n) is 6.41. The summed E-state index contributed by atoms with van der Waals surface area (Å²) < 4.78 is 32.6. The van der Waals surface area contributed by atoms with Gasteiger partial charge in [0.05, 0.1) is 18.5 Å². The van der Waals surface area contributed by atoms with Gasteiger partial charge >= 0.3 is 6.03 Å². The Kier molecular flexibility index (Phi) is 7.26. The first-order valence-electron chi connectivity index (χ1n) is 11.6. The Bertz CT molecular complexity index is 971. The van der Waals surface area contributed by atoms with E-state index in [2.05, 4.69) is 16.4 Å². The van der Waals surface area contributed by atoms with Crippen LogP contribution in [0.25, 0.3) is 6.08 Å². The predicted octanol–water partition coefficient (Wildman–Crippen LogP) is 6.31. The number of carbonyl (C=O) groups is 1. The zero-order valence-electron chi connectivity index (χ0n) is 19.0. The number of nitrogens with zero attached hydrogens (tertiary/aromatic N) is 2. The lowest BCUT2D eigenvalue weighted by Gasteiger charge is -2.28. The molecule has 2 aliphatic rings. The summed E-state index contributed by atoms with van der Waals surface area (Å²) in [5, 5.41) is 2.90. The van der Waals surface area contributed by atoms with Gasteiger partial charge in [-0.1, -0.05) is 23.8 Å². The molecule has 2 aromatic rings. The Hall–Kier alpha value is -2.96. The standard InChI is InChI=1S/C26H31F2N3O2/c1-19-5-6-23(17-29-19)30-25(32)31-13-9-20(10-14-31)15-22-3-2-4-24(16-22)33-18-21-7-11-26(27,28)12-8-21/h2-6,15-17,21H,7-14,18H2,1H3,(H,30,32). The number of anilines is 1. The Morgan fingerprint density at radius 3 is 2.67 bits per heavy atom. The molecule has 1 N–H and O–H groups in total. The Morgan fingerprint density at radius 2 is 1.97 bits per heavy atom. The van der Waals surface area contributed by atoms with Crippen molar-refractivity contribution >= 4 is 17.8 Å². The Morgan fingerprint density at radius 1 is 1.21 bits per heavy atom. The number of alkyl halides is 2. The maximum atomic E-state index is 13.3. The molecule has 4 rings (SSSR count). The van der Waals surface area contributed by atoms with Crippen molar-refractivity contribution in [3.8, 4) is 5.75 Å². The number of pyridine rings is 1. The molecule has 0 bridgehead atoms. The zero-order valence-corrected chi connectivity index (χ0v) is 19.0. The van der Waals surface area contributed by atoms with Gasteiger partial charge in [-0.25, -0.2) is 13.6 Å². The largest absolute Gasteiger partial charge is 0.493 e. The first kappa shape index (κ1) is 23.2. The molecule has 0 unspecified atom stereocenters. The number of aryl methyl sites for hydroxylation is 1. The minimum absolute atomic E-state index is 0.0376. The van der Waals surface area contributed by atoms with Gasteiger partial charge in [-0.3, -0.25) is 4.98 Å². The fourth-order valence-corrected chi connectivity index (χ4v) is 4.30. The molecule has 5 nitrogen and oxygen atoms in total. The topological polar surface area (TPSA) is 54.5 Å². The van der Waals surface area contributed by atoms with Crippen molar-refractivity contribution < 1.29 is 18.3 Å². The zero-order chi connectivity index (χ0) is 23.3. The number of amides is 2. The second-order valence-electron chi connectivity index (χ2n) is 9.09. The van der Waals surface area contributed by atoms with Crippen molar-refractivity contribution in [1.29, 1.82) is 0 Å². The van der Waals surface area contributed by atoms with Gasteiger partial charge in [0.1, 0.15) is 5.75 Å². The van der Waals surface area contributed by atoms with E-state index >= 15 is 0 Å². The van der Waals surface area contributed by atoms with Crippen LogP contribution in [-0.4, -0.2) is 41.5 Å². The summed E-state index contributed by atoms with van der Waals surface area (Å²) in [5.41, 5.74) is 3.96.